The molecule has 1 amide bonds. The maximum absolute atomic E-state index is 12.4. The Kier molecular flexibility index (Phi) is 3.93. The molecule has 2 atom stereocenters. The van der Waals surface area contributed by atoms with Crippen LogP contribution in [0, 0.1) is 5.92 Å². The van der Waals surface area contributed by atoms with Gasteiger partial charge in [-0.2, -0.15) is 0 Å². The molecule has 0 radical (unpaired) electrons. The average Bonchev–Trinajstić information content (AvgIpc) is 3.22. The molecular weight excluding hydrogens is 297 g/mol. The molecule has 2 aliphatic rings. The zero-order chi connectivity index (χ0) is 14.3. The number of hydrogen-bond donors (Lipinski definition) is 1. The Bertz CT molecular complexity index is 527. The molecule has 1 saturated heterocycles. The summed E-state index contributed by atoms with van der Waals surface area (Å²) in [7, 11) is 0. The van der Waals surface area contributed by atoms with Gasteiger partial charge in [-0.05, 0) is 42.9 Å². The van der Waals surface area contributed by atoms with Crippen LogP contribution < -0.4 is 0 Å². The van der Waals surface area contributed by atoms with Crippen LogP contribution in [-0.4, -0.2) is 35.1 Å². The molecule has 2 fully saturated rings. The standard InChI is InChI=1S/C15H17Cl2NO2/c16-13-2-1-9(7-14(13)17)11-8-12(11)15(20)18-5-3-10(19)4-6-18/h1-2,7,10-12,19H,3-6,8H2. The molecule has 5 heteroatoms. The predicted molar refractivity (Wildman–Crippen MR) is 79.1 cm³/mol. The molecule has 1 N–H and O–H groups in total. The van der Waals surface area contributed by atoms with E-state index < -0.39 is 0 Å². The SMILES string of the molecule is O=C(C1CC1c1ccc(Cl)c(Cl)c1)N1CCC(O)CC1. The first-order valence-electron chi connectivity index (χ1n) is 6.98. The van der Waals surface area contributed by atoms with Gasteiger partial charge in [0, 0.05) is 19.0 Å². The van der Waals surface area contributed by atoms with Gasteiger partial charge < -0.3 is 10.0 Å². The number of carbonyl (C=O) groups excluding carboxylic acids is 1. The quantitative estimate of drug-likeness (QED) is 0.911. The minimum atomic E-state index is -0.246. The number of hydrogen-bond acceptors (Lipinski definition) is 2. The summed E-state index contributed by atoms with van der Waals surface area (Å²) in [6.07, 6.45) is 2.02. The second kappa shape index (κ2) is 5.55. The number of halogens is 2. The van der Waals surface area contributed by atoms with Crippen molar-refractivity contribution in [3.63, 3.8) is 0 Å². The van der Waals surface area contributed by atoms with Crippen LogP contribution in [-0.2, 0) is 4.79 Å². The predicted octanol–water partition coefficient (Wildman–Crippen LogP) is 3.08. The highest BCUT2D eigenvalue weighted by molar-refractivity contribution is 6.42. The first-order valence-corrected chi connectivity index (χ1v) is 7.73. The van der Waals surface area contributed by atoms with Crippen LogP contribution in [0.5, 0.6) is 0 Å². The molecule has 0 bridgehead atoms. The van der Waals surface area contributed by atoms with Crippen LogP contribution in [0.25, 0.3) is 0 Å². The van der Waals surface area contributed by atoms with Crippen molar-refractivity contribution in [2.45, 2.75) is 31.3 Å². The van der Waals surface area contributed by atoms with Crippen molar-refractivity contribution >= 4 is 29.1 Å². The van der Waals surface area contributed by atoms with Crippen LogP contribution >= 0.6 is 23.2 Å². The van der Waals surface area contributed by atoms with Crippen molar-refractivity contribution in [3.05, 3.63) is 33.8 Å². The number of aliphatic hydroxyl groups excluding tert-OH is 1. The van der Waals surface area contributed by atoms with Crippen LogP contribution in [0.3, 0.4) is 0 Å². The maximum atomic E-state index is 12.4. The van der Waals surface area contributed by atoms with Crippen LogP contribution in [0.15, 0.2) is 18.2 Å². The lowest BCUT2D eigenvalue weighted by molar-refractivity contribution is -0.134. The number of likely N-dealkylation sites (tertiary alicyclic amines) is 1. The normalized spacial score (nSPS) is 26.6. The summed E-state index contributed by atoms with van der Waals surface area (Å²) in [6.45, 7) is 1.34. The zero-order valence-electron chi connectivity index (χ0n) is 11.1. The molecule has 1 aliphatic heterocycles. The van der Waals surface area contributed by atoms with Crippen LogP contribution in [0.2, 0.25) is 10.0 Å². The summed E-state index contributed by atoms with van der Waals surface area (Å²) in [5.74, 6) is 0.555. The summed E-state index contributed by atoms with van der Waals surface area (Å²) < 4.78 is 0. The largest absolute Gasteiger partial charge is 0.393 e. The maximum Gasteiger partial charge on any atom is 0.226 e. The zero-order valence-corrected chi connectivity index (χ0v) is 12.6. The first kappa shape index (κ1) is 14.2. The Labute approximate surface area is 128 Å². The fourth-order valence-electron chi connectivity index (χ4n) is 2.90. The Morgan fingerprint density at radius 3 is 2.55 bits per heavy atom. The van der Waals surface area contributed by atoms with E-state index in [2.05, 4.69) is 0 Å². The highest BCUT2D eigenvalue weighted by Crippen LogP contribution is 2.49. The molecule has 0 spiro atoms. The third-order valence-electron chi connectivity index (χ3n) is 4.26. The van der Waals surface area contributed by atoms with E-state index in [1.54, 1.807) is 6.07 Å². The van der Waals surface area contributed by atoms with E-state index in [-0.39, 0.29) is 23.8 Å². The average molecular weight is 314 g/mol. The van der Waals surface area contributed by atoms with Gasteiger partial charge in [0.15, 0.2) is 0 Å². The van der Waals surface area contributed by atoms with Crippen molar-refractivity contribution in [1.29, 1.82) is 0 Å². The smallest absolute Gasteiger partial charge is 0.226 e. The summed E-state index contributed by atoms with van der Waals surface area (Å²) in [5, 5.41) is 10.6. The highest BCUT2D eigenvalue weighted by atomic mass is 35.5. The molecule has 0 aromatic heterocycles. The third kappa shape index (κ3) is 2.80. The lowest BCUT2D eigenvalue weighted by Crippen LogP contribution is -2.41. The van der Waals surface area contributed by atoms with Crippen molar-refractivity contribution in [1.82, 2.24) is 4.90 Å². The number of amides is 1. The molecule has 3 rings (SSSR count). The Balaban J connectivity index is 1.63. The monoisotopic (exact) mass is 313 g/mol. The first-order chi connectivity index (χ1) is 9.56. The fourth-order valence-corrected chi connectivity index (χ4v) is 3.21. The van der Waals surface area contributed by atoms with Crippen molar-refractivity contribution in [3.8, 4) is 0 Å². The lowest BCUT2D eigenvalue weighted by Gasteiger charge is -2.29. The molecule has 20 heavy (non-hydrogen) atoms. The van der Waals surface area contributed by atoms with Gasteiger partial charge in [0.25, 0.3) is 0 Å². The van der Waals surface area contributed by atoms with E-state index in [4.69, 9.17) is 23.2 Å². The Morgan fingerprint density at radius 2 is 1.90 bits per heavy atom. The molecule has 2 unspecified atom stereocenters. The van der Waals surface area contributed by atoms with E-state index in [9.17, 15) is 9.90 Å². The number of benzene rings is 1. The molecule has 3 nitrogen and oxygen atoms in total. The number of aliphatic hydroxyl groups is 1. The molecule has 1 heterocycles. The lowest BCUT2D eigenvalue weighted by atomic mass is 10.1. The molecular formula is C15H17Cl2NO2. The van der Waals surface area contributed by atoms with Crippen molar-refractivity contribution in [2.75, 3.05) is 13.1 Å². The molecule has 108 valence electrons. The van der Waals surface area contributed by atoms with Crippen LogP contribution in [0.4, 0.5) is 0 Å². The van der Waals surface area contributed by atoms with Gasteiger partial charge in [-0.3, -0.25) is 4.79 Å². The molecule has 1 aromatic carbocycles. The Morgan fingerprint density at radius 1 is 1.20 bits per heavy atom. The minimum Gasteiger partial charge on any atom is -0.393 e. The topological polar surface area (TPSA) is 40.5 Å². The van der Waals surface area contributed by atoms with Crippen LogP contribution in [0.1, 0.15) is 30.7 Å². The Hall–Kier alpha value is -0.770. The van der Waals surface area contributed by atoms with Gasteiger partial charge in [0.05, 0.1) is 16.1 Å². The highest BCUT2D eigenvalue weighted by Gasteiger charge is 2.46. The van der Waals surface area contributed by atoms with Gasteiger partial charge in [0.2, 0.25) is 5.91 Å². The van der Waals surface area contributed by atoms with Gasteiger partial charge in [-0.25, -0.2) is 0 Å². The van der Waals surface area contributed by atoms with Gasteiger partial charge in [-0.1, -0.05) is 29.3 Å². The van der Waals surface area contributed by atoms with Gasteiger partial charge in [-0.15, -0.1) is 0 Å². The van der Waals surface area contributed by atoms with E-state index in [0.717, 1.165) is 12.0 Å². The third-order valence-corrected chi connectivity index (χ3v) is 4.99. The van der Waals surface area contributed by atoms with E-state index in [1.807, 2.05) is 17.0 Å². The van der Waals surface area contributed by atoms with Crippen molar-refractivity contribution < 1.29 is 9.90 Å². The number of rotatable bonds is 2. The summed E-state index contributed by atoms with van der Waals surface area (Å²) in [6, 6.07) is 5.60. The van der Waals surface area contributed by atoms with E-state index >= 15 is 0 Å². The second-order valence-corrected chi connectivity index (χ2v) is 6.49. The summed E-state index contributed by atoms with van der Waals surface area (Å²) >= 11 is 11.9. The minimum absolute atomic E-state index is 0.0717. The summed E-state index contributed by atoms with van der Waals surface area (Å²) in [5.41, 5.74) is 1.09. The van der Waals surface area contributed by atoms with E-state index in [0.29, 0.717) is 36.0 Å². The van der Waals surface area contributed by atoms with Crippen molar-refractivity contribution in [2.24, 2.45) is 5.92 Å². The number of nitrogens with zero attached hydrogens (tertiary/aromatic N) is 1. The fraction of sp³-hybridized carbons (Fsp3) is 0.533. The number of piperidine rings is 1. The molecule has 1 saturated carbocycles. The second-order valence-electron chi connectivity index (χ2n) is 5.68. The molecule has 1 aromatic rings. The van der Waals surface area contributed by atoms with E-state index in [1.165, 1.54) is 0 Å². The number of carbonyl (C=O) groups is 1. The van der Waals surface area contributed by atoms with Gasteiger partial charge >= 0.3 is 0 Å². The summed E-state index contributed by atoms with van der Waals surface area (Å²) in [4.78, 5) is 14.3. The molecule has 1 aliphatic carbocycles. The van der Waals surface area contributed by atoms with Gasteiger partial charge in [0.1, 0.15) is 0 Å².